The van der Waals surface area contributed by atoms with Crippen LogP contribution < -0.4 is 10.6 Å². The lowest BCUT2D eigenvalue weighted by Crippen LogP contribution is -2.29. The van der Waals surface area contributed by atoms with Crippen LogP contribution in [0.25, 0.3) is 0 Å². The zero-order chi connectivity index (χ0) is 19.6. The van der Waals surface area contributed by atoms with Gasteiger partial charge in [0.05, 0.1) is 17.5 Å². The molecule has 0 spiro atoms. The Kier molecular flexibility index (Phi) is 5.70. The van der Waals surface area contributed by atoms with Gasteiger partial charge in [-0.15, -0.1) is 0 Å². The van der Waals surface area contributed by atoms with Crippen LogP contribution >= 0.6 is 11.6 Å². The third kappa shape index (κ3) is 4.60. The minimum absolute atomic E-state index is 0.275. The van der Waals surface area contributed by atoms with Crippen LogP contribution in [0.2, 0.25) is 5.02 Å². The SMILES string of the molecule is O=C(NCCc1cccc(Cl)c1)C1CC1C(=O)Nc1ccc(F)c(F)c1F. The van der Waals surface area contributed by atoms with Crippen LogP contribution in [0.4, 0.5) is 18.9 Å². The predicted molar refractivity (Wildman–Crippen MR) is 94.7 cm³/mol. The lowest BCUT2D eigenvalue weighted by atomic mass is 10.1. The first kappa shape index (κ1) is 19.2. The molecule has 2 aromatic carbocycles. The highest BCUT2D eigenvalue weighted by molar-refractivity contribution is 6.30. The molecule has 142 valence electrons. The van der Waals surface area contributed by atoms with Gasteiger partial charge >= 0.3 is 0 Å². The Bertz CT molecular complexity index is 891. The summed E-state index contributed by atoms with van der Waals surface area (Å²) in [5.41, 5.74) is 0.521. The van der Waals surface area contributed by atoms with Crippen molar-refractivity contribution in [2.24, 2.45) is 11.8 Å². The van der Waals surface area contributed by atoms with Crippen LogP contribution in [0.15, 0.2) is 36.4 Å². The Hall–Kier alpha value is -2.54. The van der Waals surface area contributed by atoms with Gasteiger partial charge in [0.25, 0.3) is 0 Å². The molecule has 4 nitrogen and oxygen atoms in total. The van der Waals surface area contributed by atoms with Crippen molar-refractivity contribution in [1.29, 1.82) is 0 Å². The van der Waals surface area contributed by atoms with Crippen LogP contribution in [0.1, 0.15) is 12.0 Å². The van der Waals surface area contributed by atoms with E-state index in [0.717, 1.165) is 17.7 Å². The van der Waals surface area contributed by atoms with E-state index >= 15 is 0 Å². The average molecular weight is 397 g/mol. The van der Waals surface area contributed by atoms with E-state index in [-0.39, 0.29) is 5.91 Å². The normalized spacial score (nSPS) is 18.1. The maximum Gasteiger partial charge on any atom is 0.228 e. The molecule has 2 atom stereocenters. The second kappa shape index (κ2) is 8.00. The molecule has 2 unspecified atom stereocenters. The number of nitrogens with one attached hydrogen (secondary N) is 2. The van der Waals surface area contributed by atoms with Gasteiger partial charge in [0.1, 0.15) is 0 Å². The quantitative estimate of drug-likeness (QED) is 0.732. The molecule has 1 aliphatic carbocycles. The number of carbonyl (C=O) groups is 2. The molecule has 1 aliphatic rings. The first-order valence-electron chi connectivity index (χ1n) is 8.33. The Labute approximate surface area is 158 Å². The minimum Gasteiger partial charge on any atom is -0.356 e. The van der Waals surface area contributed by atoms with E-state index in [9.17, 15) is 22.8 Å². The fourth-order valence-electron chi connectivity index (χ4n) is 2.78. The van der Waals surface area contributed by atoms with E-state index in [1.54, 1.807) is 12.1 Å². The molecular weight excluding hydrogens is 381 g/mol. The molecule has 3 rings (SSSR count). The van der Waals surface area contributed by atoms with Crippen molar-refractivity contribution in [2.75, 3.05) is 11.9 Å². The van der Waals surface area contributed by atoms with E-state index in [4.69, 9.17) is 11.6 Å². The monoisotopic (exact) mass is 396 g/mol. The van der Waals surface area contributed by atoms with Crippen molar-refractivity contribution < 1.29 is 22.8 Å². The number of rotatable bonds is 6. The van der Waals surface area contributed by atoms with Gasteiger partial charge in [-0.1, -0.05) is 23.7 Å². The number of halogens is 4. The number of hydrogen-bond acceptors (Lipinski definition) is 2. The van der Waals surface area contributed by atoms with Gasteiger partial charge in [-0.2, -0.15) is 0 Å². The van der Waals surface area contributed by atoms with Crippen molar-refractivity contribution in [2.45, 2.75) is 12.8 Å². The second-order valence-electron chi connectivity index (χ2n) is 6.33. The van der Waals surface area contributed by atoms with E-state index in [2.05, 4.69) is 10.6 Å². The maximum atomic E-state index is 13.6. The largest absolute Gasteiger partial charge is 0.356 e. The summed E-state index contributed by atoms with van der Waals surface area (Å²) in [6.07, 6.45) is 0.913. The number of anilines is 1. The van der Waals surface area contributed by atoms with Crippen LogP contribution in [0.3, 0.4) is 0 Å². The standard InChI is InChI=1S/C19H16ClF3N2O2/c20-11-3-1-2-10(8-11)6-7-24-18(26)12-9-13(12)19(27)25-15-5-4-14(21)16(22)17(15)23/h1-5,8,12-13H,6-7,9H2,(H,24,26)(H,25,27). The Morgan fingerprint density at radius 3 is 2.52 bits per heavy atom. The molecule has 0 aliphatic heterocycles. The summed E-state index contributed by atoms with van der Waals surface area (Å²) in [5.74, 6) is -6.47. The van der Waals surface area contributed by atoms with E-state index in [1.165, 1.54) is 0 Å². The number of hydrogen-bond donors (Lipinski definition) is 2. The summed E-state index contributed by atoms with van der Waals surface area (Å²) in [6, 6.07) is 8.93. The molecule has 0 bridgehead atoms. The van der Waals surface area contributed by atoms with Gasteiger partial charge in [-0.25, -0.2) is 13.2 Å². The highest BCUT2D eigenvalue weighted by Gasteiger charge is 2.48. The molecule has 8 heteroatoms. The van der Waals surface area contributed by atoms with Gasteiger partial charge in [0.15, 0.2) is 17.5 Å². The zero-order valence-corrected chi connectivity index (χ0v) is 14.8. The average Bonchev–Trinajstić information content (AvgIpc) is 3.43. The first-order valence-corrected chi connectivity index (χ1v) is 8.71. The topological polar surface area (TPSA) is 58.2 Å². The van der Waals surface area contributed by atoms with Crippen LogP contribution in [0, 0.1) is 29.3 Å². The summed E-state index contributed by atoms with van der Waals surface area (Å²) in [7, 11) is 0. The zero-order valence-electron chi connectivity index (χ0n) is 14.1. The molecule has 0 aromatic heterocycles. The van der Waals surface area contributed by atoms with Crippen molar-refractivity contribution in [3.63, 3.8) is 0 Å². The van der Waals surface area contributed by atoms with Crippen molar-refractivity contribution in [1.82, 2.24) is 5.32 Å². The molecule has 2 aromatic rings. The molecule has 2 amide bonds. The van der Waals surface area contributed by atoms with Crippen molar-refractivity contribution >= 4 is 29.1 Å². The number of benzene rings is 2. The Morgan fingerprint density at radius 1 is 1.04 bits per heavy atom. The summed E-state index contributed by atoms with van der Waals surface area (Å²) in [6.45, 7) is 0.391. The number of carbonyl (C=O) groups excluding carboxylic acids is 2. The molecule has 1 fully saturated rings. The summed E-state index contributed by atoms with van der Waals surface area (Å²) < 4.78 is 39.7. The molecule has 0 saturated heterocycles. The Morgan fingerprint density at radius 2 is 1.78 bits per heavy atom. The van der Waals surface area contributed by atoms with E-state index in [0.29, 0.717) is 24.4 Å². The van der Waals surface area contributed by atoms with Crippen LogP contribution in [-0.2, 0) is 16.0 Å². The lowest BCUT2D eigenvalue weighted by Gasteiger charge is -2.08. The van der Waals surface area contributed by atoms with Crippen LogP contribution in [-0.4, -0.2) is 18.4 Å². The smallest absolute Gasteiger partial charge is 0.228 e. The van der Waals surface area contributed by atoms with E-state index < -0.39 is 40.9 Å². The van der Waals surface area contributed by atoms with Gasteiger partial charge in [-0.3, -0.25) is 9.59 Å². The first-order chi connectivity index (χ1) is 12.9. The third-order valence-corrected chi connectivity index (χ3v) is 4.59. The summed E-state index contributed by atoms with van der Waals surface area (Å²) in [5, 5.41) is 5.55. The van der Waals surface area contributed by atoms with E-state index in [1.807, 2.05) is 12.1 Å². The predicted octanol–water partition coefficient (Wildman–Crippen LogP) is 3.69. The molecule has 2 N–H and O–H groups in total. The van der Waals surface area contributed by atoms with Gasteiger partial charge in [-0.05, 0) is 42.7 Å². The Balaban J connectivity index is 1.48. The fraction of sp³-hybridized carbons (Fsp3) is 0.263. The molecule has 0 heterocycles. The summed E-state index contributed by atoms with van der Waals surface area (Å²) >= 11 is 5.89. The number of amides is 2. The molecule has 27 heavy (non-hydrogen) atoms. The molecular formula is C19H16ClF3N2O2. The van der Waals surface area contributed by atoms with Gasteiger partial charge in [0, 0.05) is 11.6 Å². The van der Waals surface area contributed by atoms with Crippen molar-refractivity contribution in [3.05, 3.63) is 64.4 Å². The van der Waals surface area contributed by atoms with Gasteiger partial charge in [0.2, 0.25) is 11.8 Å². The maximum absolute atomic E-state index is 13.6. The van der Waals surface area contributed by atoms with Gasteiger partial charge < -0.3 is 10.6 Å². The molecule has 1 saturated carbocycles. The fourth-order valence-corrected chi connectivity index (χ4v) is 2.99. The summed E-state index contributed by atoms with van der Waals surface area (Å²) in [4.78, 5) is 24.2. The highest BCUT2D eigenvalue weighted by Crippen LogP contribution is 2.39. The second-order valence-corrected chi connectivity index (χ2v) is 6.77. The third-order valence-electron chi connectivity index (χ3n) is 4.36. The van der Waals surface area contributed by atoms with Crippen LogP contribution in [0.5, 0.6) is 0 Å². The highest BCUT2D eigenvalue weighted by atomic mass is 35.5. The van der Waals surface area contributed by atoms with Crippen molar-refractivity contribution in [3.8, 4) is 0 Å². The molecule has 0 radical (unpaired) electrons. The minimum atomic E-state index is -1.65. The lowest BCUT2D eigenvalue weighted by molar-refractivity contribution is -0.125.